The number of pyridine rings is 1. The van der Waals surface area contributed by atoms with E-state index in [1.807, 2.05) is 36.5 Å². The summed E-state index contributed by atoms with van der Waals surface area (Å²) in [5.41, 5.74) is 4.74. The van der Waals surface area contributed by atoms with Crippen molar-refractivity contribution in [1.29, 1.82) is 0 Å². The normalized spacial score (nSPS) is 14.5. The SMILES string of the molecule is C1=C(COCc2ccccc2)CCC(c2ccncc2)=N1. The molecule has 3 heteroatoms. The first-order chi connectivity index (χ1) is 10.4. The lowest BCUT2D eigenvalue weighted by Gasteiger charge is -2.14. The predicted octanol–water partition coefficient (Wildman–Crippen LogP) is 3.77. The number of hydrogen-bond acceptors (Lipinski definition) is 3. The highest BCUT2D eigenvalue weighted by Crippen LogP contribution is 2.17. The number of benzene rings is 1. The molecular weight excluding hydrogens is 260 g/mol. The maximum atomic E-state index is 5.75. The van der Waals surface area contributed by atoms with Crippen LogP contribution in [0.2, 0.25) is 0 Å². The molecule has 21 heavy (non-hydrogen) atoms. The second-order valence-corrected chi connectivity index (χ2v) is 5.08. The fourth-order valence-corrected chi connectivity index (χ4v) is 2.32. The summed E-state index contributed by atoms with van der Waals surface area (Å²) in [6.45, 7) is 1.31. The molecule has 106 valence electrons. The van der Waals surface area contributed by atoms with Crippen molar-refractivity contribution < 1.29 is 4.74 Å². The minimum Gasteiger partial charge on any atom is -0.372 e. The quantitative estimate of drug-likeness (QED) is 0.834. The van der Waals surface area contributed by atoms with E-state index in [0.29, 0.717) is 13.2 Å². The summed E-state index contributed by atoms with van der Waals surface area (Å²) >= 11 is 0. The molecule has 0 N–H and O–H groups in total. The van der Waals surface area contributed by atoms with Gasteiger partial charge in [0.05, 0.1) is 13.2 Å². The zero-order chi connectivity index (χ0) is 14.3. The number of aliphatic imine (C=N–C) groups is 1. The van der Waals surface area contributed by atoms with E-state index in [1.165, 1.54) is 11.1 Å². The molecule has 1 aromatic heterocycles. The Bertz CT molecular complexity index is 633. The van der Waals surface area contributed by atoms with Crippen molar-refractivity contribution in [3.05, 3.63) is 77.8 Å². The smallest absolute Gasteiger partial charge is 0.0721 e. The fourth-order valence-electron chi connectivity index (χ4n) is 2.32. The second-order valence-electron chi connectivity index (χ2n) is 5.08. The van der Waals surface area contributed by atoms with Gasteiger partial charge in [-0.25, -0.2) is 0 Å². The molecule has 0 radical (unpaired) electrons. The Kier molecular flexibility index (Phi) is 4.54. The molecule has 3 nitrogen and oxygen atoms in total. The Morgan fingerprint density at radius 1 is 0.905 bits per heavy atom. The van der Waals surface area contributed by atoms with Crippen molar-refractivity contribution in [2.45, 2.75) is 19.4 Å². The third-order valence-corrected chi connectivity index (χ3v) is 3.50. The minimum absolute atomic E-state index is 0.652. The largest absolute Gasteiger partial charge is 0.372 e. The van der Waals surface area contributed by atoms with E-state index in [-0.39, 0.29) is 0 Å². The van der Waals surface area contributed by atoms with Crippen LogP contribution in [-0.4, -0.2) is 17.3 Å². The molecule has 0 atom stereocenters. The summed E-state index contributed by atoms with van der Waals surface area (Å²) in [4.78, 5) is 8.59. The maximum absolute atomic E-state index is 5.75. The number of aromatic nitrogens is 1. The Morgan fingerprint density at radius 3 is 2.43 bits per heavy atom. The predicted molar refractivity (Wildman–Crippen MR) is 84.2 cm³/mol. The highest BCUT2D eigenvalue weighted by Gasteiger charge is 2.10. The van der Waals surface area contributed by atoms with Crippen LogP contribution in [0.4, 0.5) is 0 Å². The number of ether oxygens (including phenoxy) is 1. The molecule has 1 aliphatic rings. The summed E-state index contributed by atoms with van der Waals surface area (Å²) in [7, 11) is 0. The molecule has 2 heterocycles. The van der Waals surface area contributed by atoms with E-state index in [1.54, 1.807) is 12.4 Å². The Labute approximate surface area is 125 Å². The second kappa shape index (κ2) is 6.95. The van der Waals surface area contributed by atoms with Crippen molar-refractivity contribution in [2.24, 2.45) is 4.99 Å². The first-order valence-corrected chi connectivity index (χ1v) is 7.18. The first kappa shape index (κ1) is 13.7. The van der Waals surface area contributed by atoms with Crippen LogP contribution in [0.15, 0.2) is 71.6 Å². The van der Waals surface area contributed by atoms with E-state index in [9.17, 15) is 0 Å². The molecule has 1 aromatic carbocycles. The van der Waals surface area contributed by atoms with Crippen LogP contribution < -0.4 is 0 Å². The molecular formula is C18H18N2O. The molecule has 0 amide bonds. The van der Waals surface area contributed by atoms with Crippen LogP contribution in [-0.2, 0) is 11.3 Å². The average molecular weight is 278 g/mol. The Morgan fingerprint density at radius 2 is 1.71 bits per heavy atom. The van der Waals surface area contributed by atoms with Gasteiger partial charge >= 0.3 is 0 Å². The number of rotatable bonds is 5. The average Bonchev–Trinajstić information content (AvgIpc) is 2.57. The van der Waals surface area contributed by atoms with Gasteiger partial charge in [0.25, 0.3) is 0 Å². The maximum Gasteiger partial charge on any atom is 0.0721 e. The monoisotopic (exact) mass is 278 g/mol. The van der Waals surface area contributed by atoms with E-state index in [2.05, 4.69) is 22.1 Å². The van der Waals surface area contributed by atoms with Gasteiger partial charge in [-0.15, -0.1) is 0 Å². The number of nitrogens with zero attached hydrogens (tertiary/aromatic N) is 2. The van der Waals surface area contributed by atoms with E-state index in [4.69, 9.17) is 4.74 Å². The van der Waals surface area contributed by atoms with Gasteiger partial charge in [-0.2, -0.15) is 0 Å². The molecule has 0 saturated carbocycles. The van der Waals surface area contributed by atoms with Crippen LogP contribution in [0.5, 0.6) is 0 Å². The number of hydrogen-bond donors (Lipinski definition) is 0. The van der Waals surface area contributed by atoms with Crippen LogP contribution >= 0.6 is 0 Å². The molecule has 0 unspecified atom stereocenters. The van der Waals surface area contributed by atoms with Crippen LogP contribution in [0.3, 0.4) is 0 Å². The van der Waals surface area contributed by atoms with E-state index in [0.717, 1.165) is 24.1 Å². The summed E-state index contributed by atoms with van der Waals surface area (Å²) in [6.07, 6.45) is 7.53. The highest BCUT2D eigenvalue weighted by atomic mass is 16.5. The lowest BCUT2D eigenvalue weighted by molar-refractivity contribution is 0.140. The highest BCUT2D eigenvalue weighted by molar-refractivity contribution is 6.01. The van der Waals surface area contributed by atoms with Gasteiger partial charge in [-0.3, -0.25) is 9.98 Å². The van der Waals surface area contributed by atoms with Crippen molar-refractivity contribution in [3.63, 3.8) is 0 Å². The van der Waals surface area contributed by atoms with Crippen molar-refractivity contribution in [1.82, 2.24) is 4.98 Å². The third kappa shape index (κ3) is 3.86. The Hall–Kier alpha value is -2.26. The zero-order valence-corrected chi connectivity index (χ0v) is 11.9. The first-order valence-electron chi connectivity index (χ1n) is 7.18. The fraction of sp³-hybridized carbons (Fsp3) is 0.222. The van der Waals surface area contributed by atoms with Crippen LogP contribution in [0.1, 0.15) is 24.0 Å². The van der Waals surface area contributed by atoms with Crippen molar-refractivity contribution in [3.8, 4) is 0 Å². The molecule has 0 aliphatic carbocycles. The lowest BCUT2D eigenvalue weighted by atomic mass is 10.0. The van der Waals surface area contributed by atoms with E-state index < -0.39 is 0 Å². The molecule has 0 saturated heterocycles. The van der Waals surface area contributed by atoms with Gasteiger partial charge in [0.1, 0.15) is 0 Å². The lowest BCUT2D eigenvalue weighted by Crippen LogP contribution is -2.08. The summed E-state index contributed by atoms with van der Waals surface area (Å²) in [5.74, 6) is 0. The van der Waals surface area contributed by atoms with Crippen molar-refractivity contribution in [2.75, 3.05) is 6.61 Å². The summed E-state index contributed by atoms with van der Waals surface area (Å²) < 4.78 is 5.75. The Balaban J connectivity index is 1.54. The van der Waals surface area contributed by atoms with Gasteiger partial charge in [0.2, 0.25) is 0 Å². The van der Waals surface area contributed by atoms with Crippen LogP contribution in [0, 0.1) is 0 Å². The molecule has 0 spiro atoms. The van der Waals surface area contributed by atoms with Crippen molar-refractivity contribution >= 4 is 5.71 Å². The molecule has 0 bridgehead atoms. The standard InChI is InChI=1S/C18H18N2O/c1-2-4-15(5-3-1)13-21-14-16-6-7-18(20-12-16)17-8-10-19-11-9-17/h1-5,8-12H,6-7,13-14H2. The van der Waals surface area contributed by atoms with Gasteiger partial charge in [-0.1, -0.05) is 30.3 Å². The van der Waals surface area contributed by atoms with Gasteiger partial charge < -0.3 is 4.74 Å². The molecule has 3 rings (SSSR count). The summed E-state index contributed by atoms with van der Waals surface area (Å²) in [5, 5.41) is 0. The van der Waals surface area contributed by atoms with E-state index >= 15 is 0 Å². The minimum atomic E-state index is 0.652. The van der Waals surface area contributed by atoms with Gasteiger partial charge in [-0.05, 0) is 41.7 Å². The molecule has 1 aliphatic heterocycles. The molecule has 0 fully saturated rings. The zero-order valence-electron chi connectivity index (χ0n) is 11.9. The van der Waals surface area contributed by atoms with Gasteiger partial charge in [0.15, 0.2) is 0 Å². The summed E-state index contributed by atoms with van der Waals surface area (Å²) in [6, 6.07) is 14.2. The van der Waals surface area contributed by atoms with Crippen LogP contribution in [0.25, 0.3) is 0 Å². The van der Waals surface area contributed by atoms with Gasteiger partial charge in [0, 0.05) is 24.3 Å². The third-order valence-electron chi connectivity index (χ3n) is 3.50. The topological polar surface area (TPSA) is 34.5 Å². The molecule has 2 aromatic rings.